The van der Waals surface area contributed by atoms with Crippen molar-refractivity contribution in [3.05, 3.63) is 11.8 Å². The molecule has 2 N–H and O–H groups in total. The summed E-state index contributed by atoms with van der Waals surface area (Å²) in [6, 6.07) is 0. The van der Waals surface area contributed by atoms with Gasteiger partial charge >= 0.3 is 0 Å². The summed E-state index contributed by atoms with van der Waals surface area (Å²) in [6.07, 6.45) is 1.58. The maximum Gasteiger partial charge on any atom is 0.182 e. The van der Waals surface area contributed by atoms with E-state index in [4.69, 9.17) is 9.84 Å². The molecular weight excluding hydrogens is 160 g/mol. The number of aldehydes is 1. The van der Waals surface area contributed by atoms with Crippen molar-refractivity contribution >= 4 is 6.29 Å². The highest BCUT2D eigenvalue weighted by atomic mass is 16.5. The van der Waals surface area contributed by atoms with E-state index >= 15 is 0 Å². The minimum absolute atomic E-state index is 0.236. The Kier molecular flexibility index (Phi) is 2.49. The Morgan fingerprint density at radius 1 is 1.92 bits per heavy atom. The predicted molar refractivity (Wildman–Crippen MR) is 41.3 cm³/mol. The quantitative estimate of drug-likeness (QED) is 0.556. The molecule has 4 nitrogen and oxygen atoms in total. The van der Waals surface area contributed by atoms with Gasteiger partial charge in [0, 0.05) is 6.42 Å². The molecular formula is C8H12O4. The van der Waals surface area contributed by atoms with Crippen LogP contribution >= 0.6 is 0 Å². The summed E-state index contributed by atoms with van der Waals surface area (Å²) in [6.45, 7) is 1.29. The van der Waals surface area contributed by atoms with Crippen molar-refractivity contribution in [3.8, 4) is 0 Å². The molecule has 0 aromatic heterocycles. The first-order valence-electron chi connectivity index (χ1n) is 3.74. The van der Waals surface area contributed by atoms with Crippen molar-refractivity contribution in [1.29, 1.82) is 0 Å². The van der Waals surface area contributed by atoms with E-state index in [1.165, 1.54) is 6.92 Å². The molecule has 1 rings (SSSR count). The van der Waals surface area contributed by atoms with Gasteiger partial charge in [0.1, 0.15) is 18.0 Å². The fourth-order valence-corrected chi connectivity index (χ4v) is 1.05. The molecule has 1 aliphatic heterocycles. The van der Waals surface area contributed by atoms with Crippen molar-refractivity contribution < 1.29 is 19.7 Å². The SMILES string of the molecule is CC1(O)CC=C(CO)OC1C=O. The summed E-state index contributed by atoms with van der Waals surface area (Å²) in [7, 11) is 0. The first kappa shape index (κ1) is 9.22. The summed E-state index contributed by atoms with van der Waals surface area (Å²) in [5.74, 6) is 0.346. The molecule has 0 aromatic carbocycles. The van der Waals surface area contributed by atoms with Gasteiger partial charge < -0.3 is 14.9 Å². The lowest BCUT2D eigenvalue weighted by molar-refractivity contribution is -0.135. The molecule has 2 atom stereocenters. The Morgan fingerprint density at radius 3 is 3.08 bits per heavy atom. The van der Waals surface area contributed by atoms with Gasteiger partial charge in [-0.3, -0.25) is 4.79 Å². The molecule has 0 bridgehead atoms. The molecule has 0 spiro atoms. The zero-order valence-electron chi connectivity index (χ0n) is 6.86. The molecule has 68 valence electrons. The van der Waals surface area contributed by atoms with E-state index in [1.54, 1.807) is 6.08 Å². The Labute approximate surface area is 70.5 Å². The van der Waals surface area contributed by atoms with E-state index in [1.807, 2.05) is 0 Å². The molecule has 0 amide bonds. The standard InChI is InChI=1S/C8H12O4/c1-8(11)3-2-6(4-9)12-7(8)5-10/h2,5,7,9,11H,3-4H2,1H3. The Morgan fingerprint density at radius 2 is 2.58 bits per heavy atom. The summed E-state index contributed by atoms with van der Waals surface area (Å²) in [5, 5.41) is 18.2. The van der Waals surface area contributed by atoms with Crippen LogP contribution in [-0.4, -0.2) is 34.8 Å². The largest absolute Gasteiger partial charge is 0.482 e. The van der Waals surface area contributed by atoms with E-state index in [0.717, 1.165) is 0 Å². The Hall–Kier alpha value is -0.870. The van der Waals surface area contributed by atoms with Crippen LogP contribution < -0.4 is 0 Å². The molecule has 12 heavy (non-hydrogen) atoms. The summed E-state index contributed by atoms with van der Waals surface area (Å²) in [4.78, 5) is 10.4. The van der Waals surface area contributed by atoms with E-state index in [-0.39, 0.29) is 6.61 Å². The number of carbonyl (C=O) groups is 1. The van der Waals surface area contributed by atoms with Crippen molar-refractivity contribution in [1.82, 2.24) is 0 Å². The molecule has 1 heterocycles. The number of carbonyl (C=O) groups excluding carboxylic acids is 1. The lowest BCUT2D eigenvalue weighted by Gasteiger charge is -2.32. The minimum atomic E-state index is -1.15. The third-order valence-corrected chi connectivity index (χ3v) is 1.91. The zero-order chi connectivity index (χ0) is 9.19. The fraction of sp³-hybridized carbons (Fsp3) is 0.625. The van der Waals surface area contributed by atoms with Crippen LogP contribution in [0.4, 0.5) is 0 Å². The molecule has 4 heteroatoms. The number of hydrogen-bond donors (Lipinski definition) is 2. The van der Waals surface area contributed by atoms with Gasteiger partial charge in [0.2, 0.25) is 0 Å². The number of aliphatic hydroxyl groups excluding tert-OH is 1. The average molecular weight is 172 g/mol. The topological polar surface area (TPSA) is 66.8 Å². The molecule has 0 saturated heterocycles. The van der Waals surface area contributed by atoms with E-state index in [0.29, 0.717) is 18.5 Å². The predicted octanol–water partition coefficient (Wildman–Crippen LogP) is -0.399. The van der Waals surface area contributed by atoms with Gasteiger partial charge in [-0.1, -0.05) is 0 Å². The van der Waals surface area contributed by atoms with Crippen molar-refractivity contribution in [2.45, 2.75) is 25.0 Å². The normalized spacial score (nSPS) is 35.2. The highest BCUT2D eigenvalue weighted by Gasteiger charge is 2.36. The Balaban J connectivity index is 2.76. The monoisotopic (exact) mass is 172 g/mol. The molecule has 0 aromatic rings. The van der Waals surface area contributed by atoms with Crippen LogP contribution in [0.2, 0.25) is 0 Å². The van der Waals surface area contributed by atoms with Gasteiger partial charge in [-0.05, 0) is 13.0 Å². The second-order valence-corrected chi connectivity index (χ2v) is 3.06. The average Bonchev–Trinajstić information content (AvgIpc) is 2.04. The Bertz CT molecular complexity index is 207. The number of ether oxygens (including phenoxy) is 1. The first-order valence-corrected chi connectivity index (χ1v) is 3.74. The summed E-state index contributed by atoms with van der Waals surface area (Å²) < 4.78 is 4.99. The van der Waals surface area contributed by atoms with Crippen molar-refractivity contribution in [3.63, 3.8) is 0 Å². The number of aliphatic hydroxyl groups is 2. The van der Waals surface area contributed by atoms with Crippen LogP contribution in [0.1, 0.15) is 13.3 Å². The van der Waals surface area contributed by atoms with Crippen LogP contribution in [0.3, 0.4) is 0 Å². The lowest BCUT2D eigenvalue weighted by Crippen LogP contribution is -2.44. The second kappa shape index (κ2) is 3.25. The highest BCUT2D eigenvalue weighted by Crippen LogP contribution is 2.25. The van der Waals surface area contributed by atoms with Gasteiger partial charge in [0.15, 0.2) is 12.4 Å². The van der Waals surface area contributed by atoms with Gasteiger partial charge in [-0.2, -0.15) is 0 Å². The summed E-state index contributed by atoms with van der Waals surface area (Å²) in [5.41, 5.74) is -1.15. The summed E-state index contributed by atoms with van der Waals surface area (Å²) >= 11 is 0. The van der Waals surface area contributed by atoms with Gasteiger partial charge in [0.25, 0.3) is 0 Å². The minimum Gasteiger partial charge on any atom is -0.482 e. The maximum absolute atomic E-state index is 10.4. The van der Waals surface area contributed by atoms with Crippen molar-refractivity contribution in [2.75, 3.05) is 6.61 Å². The third kappa shape index (κ3) is 1.65. The second-order valence-electron chi connectivity index (χ2n) is 3.06. The van der Waals surface area contributed by atoms with Gasteiger partial charge in [-0.15, -0.1) is 0 Å². The van der Waals surface area contributed by atoms with Crippen LogP contribution in [-0.2, 0) is 9.53 Å². The number of rotatable bonds is 2. The number of hydrogen-bond acceptors (Lipinski definition) is 4. The van der Waals surface area contributed by atoms with Gasteiger partial charge in [-0.25, -0.2) is 0 Å². The van der Waals surface area contributed by atoms with Crippen LogP contribution in [0.15, 0.2) is 11.8 Å². The third-order valence-electron chi connectivity index (χ3n) is 1.91. The van der Waals surface area contributed by atoms with Crippen molar-refractivity contribution in [2.24, 2.45) is 0 Å². The molecule has 0 aliphatic carbocycles. The van der Waals surface area contributed by atoms with Gasteiger partial charge in [0.05, 0.1) is 0 Å². The van der Waals surface area contributed by atoms with Crippen LogP contribution in [0, 0.1) is 0 Å². The van der Waals surface area contributed by atoms with Crippen LogP contribution in [0.5, 0.6) is 0 Å². The fourth-order valence-electron chi connectivity index (χ4n) is 1.05. The highest BCUT2D eigenvalue weighted by molar-refractivity contribution is 5.59. The smallest absolute Gasteiger partial charge is 0.182 e. The van der Waals surface area contributed by atoms with E-state index in [2.05, 4.69) is 0 Å². The molecule has 2 unspecified atom stereocenters. The molecule has 1 aliphatic rings. The molecule has 0 saturated carbocycles. The van der Waals surface area contributed by atoms with Crippen LogP contribution in [0.25, 0.3) is 0 Å². The lowest BCUT2D eigenvalue weighted by atomic mass is 9.93. The first-order chi connectivity index (χ1) is 5.60. The van der Waals surface area contributed by atoms with E-state index in [9.17, 15) is 9.90 Å². The van der Waals surface area contributed by atoms with E-state index < -0.39 is 11.7 Å². The zero-order valence-corrected chi connectivity index (χ0v) is 6.86. The molecule has 0 fully saturated rings. The molecule has 0 radical (unpaired) electrons. The maximum atomic E-state index is 10.4.